The van der Waals surface area contributed by atoms with Gasteiger partial charge in [-0.3, -0.25) is 9.89 Å². The molecule has 0 radical (unpaired) electrons. The van der Waals surface area contributed by atoms with Gasteiger partial charge in [0.25, 0.3) is 5.91 Å². The summed E-state index contributed by atoms with van der Waals surface area (Å²) in [5, 5.41) is 7.40. The lowest BCUT2D eigenvalue weighted by Crippen LogP contribution is -2.39. The molecule has 2 heterocycles. The van der Waals surface area contributed by atoms with E-state index in [2.05, 4.69) is 10.2 Å². The second-order valence-electron chi connectivity index (χ2n) is 6.81. The van der Waals surface area contributed by atoms with E-state index < -0.39 is 0 Å². The number of carbonyl (C=O) groups is 1. The first-order valence-electron chi connectivity index (χ1n) is 8.96. The zero-order valence-electron chi connectivity index (χ0n) is 14.7. The first-order chi connectivity index (χ1) is 13.1. The smallest absolute Gasteiger partial charge is 0.253 e. The summed E-state index contributed by atoms with van der Waals surface area (Å²) in [5.41, 5.74) is 3.06. The highest BCUT2D eigenvalue weighted by atomic mass is 19.1. The van der Waals surface area contributed by atoms with Crippen LogP contribution in [0.2, 0.25) is 0 Å². The van der Waals surface area contributed by atoms with Gasteiger partial charge in [-0.25, -0.2) is 8.78 Å². The first kappa shape index (κ1) is 17.4. The van der Waals surface area contributed by atoms with Crippen LogP contribution in [0.3, 0.4) is 0 Å². The van der Waals surface area contributed by atoms with E-state index in [1.807, 2.05) is 6.07 Å². The maximum absolute atomic E-state index is 13.1. The highest BCUT2D eigenvalue weighted by Gasteiger charge is 2.26. The standard InChI is InChI=1S/C21H19F2N3O/c22-17-7-3-14(4-8-17)19-12-20(25-24-19)16-2-1-11-26(13-16)21(27)15-5-9-18(23)10-6-15/h3-10,12,16H,1-2,11,13H2,(H,24,25)/t16-/m1/s1. The third-order valence-electron chi connectivity index (χ3n) is 4.98. The van der Waals surface area contributed by atoms with Gasteiger partial charge in [-0.15, -0.1) is 0 Å². The molecule has 1 saturated heterocycles. The summed E-state index contributed by atoms with van der Waals surface area (Å²) in [6.07, 6.45) is 1.85. The second-order valence-corrected chi connectivity index (χ2v) is 6.81. The number of likely N-dealkylation sites (tertiary alicyclic amines) is 1. The SMILES string of the molecule is O=C(c1ccc(F)cc1)N1CCC[C@@H](c2cc(-c3ccc(F)cc3)n[nH]2)C1. The van der Waals surface area contributed by atoms with Crippen molar-refractivity contribution in [3.63, 3.8) is 0 Å². The molecule has 1 fully saturated rings. The predicted molar refractivity (Wildman–Crippen MR) is 98.3 cm³/mol. The number of piperidine rings is 1. The zero-order valence-corrected chi connectivity index (χ0v) is 14.7. The van der Waals surface area contributed by atoms with E-state index in [4.69, 9.17) is 0 Å². The van der Waals surface area contributed by atoms with Crippen LogP contribution in [0, 0.1) is 11.6 Å². The molecule has 138 valence electrons. The molecule has 1 aliphatic heterocycles. The third kappa shape index (κ3) is 3.74. The summed E-state index contributed by atoms with van der Waals surface area (Å²) in [6, 6.07) is 13.8. The molecule has 1 atom stereocenters. The van der Waals surface area contributed by atoms with Gasteiger partial charge >= 0.3 is 0 Å². The van der Waals surface area contributed by atoms with Crippen LogP contribution in [0.25, 0.3) is 11.3 Å². The van der Waals surface area contributed by atoms with Crippen molar-refractivity contribution in [3.8, 4) is 11.3 Å². The molecular weight excluding hydrogens is 348 g/mol. The van der Waals surface area contributed by atoms with Gasteiger partial charge in [0.05, 0.1) is 5.69 Å². The Labute approximate surface area is 155 Å². The fourth-order valence-corrected chi connectivity index (χ4v) is 3.50. The Balaban J connectivity index is 1.49. The summed E-state index contributed by atoms with van der Waals surface area (Å²) >= 11 is 0. The molecule has 4 rings (SSSR count). The highest BCUT2D eigenvalue weighted by Crippen LogP contribution is 2.29. The number of H-pyrrole nitrogens is 1. The molecule has 0 saturated carbocycles. The largest absolute Gasteiger partial charge is 0.338 e. The van der Waals surface area contributed by atoms with Gasteiger partial charge in [-0.2, -0.15) is 5.10 Å². The molecule has 3 aromatic rings. The summed E-state index contributed by atoms with van der Waals surface area (Å²) in [4.78, 5) is 14.5. The van der Waals surface area contributed by atoms with Crippen LogP contribution >= 0.6 is 0 Å². The maximum Gasteiger partial charge on any atom is 0.253 e. The molecule has 1 N–H and O–H groups in total. The summed E-state index contributed by atoms with van der Waals surface area (Å²) < 4.78 is 26.2. The van der Waals surface area contributed by atoms with Gasteiger partial charge in [0.2, 0.25) is 0 Å². The van der Waals surface area contributed by atoms with Crippen LogP contribution in [-0.2, 0) is 0 Å². The van der Waals surface area contributed by atoms with Crippen molar-refractivity contribution >= 4 is 5.91 Å². The number of amides is 1. The number of aromatic nitrogens is 2. The summed E-state index contributed by atoms with van der Waals surface area (Å²) in [5.74, 6) is -0.562. The molecule has 4 nitrogen and oxygen atoms in total. The van der Waals surface area contributed by atoms with E-state index in [0.717, 1.165) is 29.8 Å². The monoisotopic (exact) mass is 367 g/mol. The minimum Gasteiger partial charge on any atom is -0.338 e. The number of nitrogens with zero attached hydrogens (tertiary/aromatic N) is 2. The minimum absolute atomic E-state index is 0.0852. The lowest BCUT2D eigenvalue weighted by molar-refractivity contribution is 0.0706. The van der Waals surface area contributed by atoms with E-state index in [1.165, 1.54) is 36.4 Å². The van der Waals surface area contributed by atoms with Crippen LogP contribution in [0.5, 0.6) is 0 Å². The molecular formula is C21H19F2N3O. The molecule has 0 aliphatic carbocycles. The Kier molecular flexibility index (Phi) is 4.71. The lowest BCUT2D eigenvalue weighted by Gasteiger charge is -2.32. The Hall–Kier alpha value is -3.02. The number of aromatic amines is 1. The van der Waals surface area contributed by atoms with Crippen molar-refractivity contribution in [2.24, 2.45) is 0 Å². The fraction of sp³-hybridized carbons (Fsp3) is 0.238. The number of nitrogens with one attached hydrogen (secondary N) is 1. The van der Waals surface area contributed by atoms with Gasteiger partial charge in [-0.05, 0) is 67.4 Å². The van der Waals surface area contributed by atoms with Crippen molar-refractivity contribution in [2.45, 2.75) is 18.8 Å². The van der Waals surface area contributed by atoms with Gasteiger partial charge < -0.3 is 4.90 Å². The van der Waals surface area contributed by atoms with Crippen LogP contribution < -0.4 is 0 Å². The molecule has 1 amide bonds. The highest BCUT2D eigenvalue weighted by molar-refractivity contribution is 5.94. The molecule has 0 bridgehead atoms. The zero-order chi connectivity index (χ0) is 18.8. The number of hydrogen-bond acceptors (Lipinski definition) is 2. The third-order valence-corrected chi connectivity index (χ3v) is 4.98. The van der Waals surface area contributed by atoms with E-state index in [1.54, 1.807) is 17.0 Å². The van der Waals surface area contributed by atoms with Crippen molar-refractivity contribution < 1.29 is 13.6 Å². The molecule has 1 aliphatic rings. The van der Waals surface area contributed by atoms with Gasteiger partial charge in [0, 0.05) is 35.8 Å². The molecule has 2 aromatic carbocycles. The number of halogens is 2. The predicted octanol–water partition coefficient (Wildman–Crippen LogP) is 4.37. The Morgan fingerprint density at radius 1 is 1.04 bits per heavy atom. The molecule has 6 heteroatoms. The van der Waals surface area contributed by atoms with Gasteiger partial charge in [0.1, 0.15) is 11.6 Å². The van der Waals surface area contributed by atoms with Crippen molar-refractivity contribution in [1.82, 2.24) is 15.1 Å². The Morgan fingerprint density at radius 2 is 1.70 bits per heavy atom. The average Bonchev–Trinajstić information content (AvgIpc) is 3.19. The average molecular weight is 367 g/mol. The van der Waals surface area contributed by atoms with E-state index in [-0.39, 0.29) is 23.5 Å². The number of hydrogen-bond donors (Lipinski definition) is 1. The van der Waals surface area contributed by atoms with E-state index in [0.29, 0.717) is 18.7 Å². The second kappa shape index (κ2) is 7.31. The number of rotatable bonds is 3. The normalized spacial score (nSPS) is 17.1. The van der Waals surface area contributed by atoms with Gasteiger partial charge in [0.15, 0.2) is 0 Å². The van der Waals surface area contributed by atoms with E-state index in [9.17, 15) is 13.6 Å². The minimum atomic E-state index is -0.353. The summed E-state index contributed by atoms with van der Waals surface area (Å²) in [7, 11) is 0. The quantitative estimate of drug-likeness (QED) is 0.747. The van der Waals surface area contributed by atoms with Crippen LogP contribution in [0.1, 0.15) is 34.8 Å². The first-order valence-corrected chi connectivity index (χ1v) is 8.96. The van der Waals surface area contributed by atoms with Gasteiger partial charge in [-0.1, -0.05) is 0 Å². The maximum atomic E-state index is 13.1. The van der Waals surface area contributed by atoms with Crippen molar-refractivity contribution in [3.05, 3.63) is 77.5 Å². The molecule has 27 heavy (non-hydrogen) atoms. The van der Waals surface area contributed by atoms with Crippen molar-refractivity contribution in [1.29, 1.82) is 0 Å². The number of benzene rings is 2. The fourth-order valence-electron chi connectivity index (χ4n) is 3.50. The van der Waals surface area contributed by atoms with Crippen molar-refractivity contribution in [2.75, 3.05) is 13.1 Å². The Bertz CT molecular complexity index is 935. The molecule has 0 spiro atoms. The van der Waals surface area contributed by atoms with Crippen LogP contribution in [0.15, 0.2) is 54.6 Å². The van der Waals surface area contributed by atoms with Crippen LogP contribution in [0.4, 0.5) is 8.78 Å². The topological polar surface area (TPSA) is 49.0 Å². The molecule has 1 aromatic heterocycles. The summed E-state index contributed by atoms with van der Waals surface area (Å²) in [6.45, 7) is 1.27. The number of carbonyl (C=O) groups excluding carboxylic acids is 1. The lowest BCUT2D eigenvalue weighted by atomic mass is 9.94. The van der Waals surface area contributed by atoms with E-state index >= 15 is 0 Å². The van der Waals surface area contributed by atoms with Crippen LogP contribution in [-0.4, -0.2) is 34.1 Å². The Morgan fingerprint density at radius 3 is 2.41 bits per heavy atom. The molecule has 0 unspecified atom stereocenters.